The lowest BCUT2D eigenvalue weighted by atomic mass is 9.94. The molecule has 6 heteroatoms. The average molecular weight is 359 g/mol. The number of morpholine rings is 1. The van der Waals surface area contributed by atoms with Crippen molar-refractivity contribution >= 4 is 17.5 Å². The number of benzene rings is 1. The van der Waals surface area contributed by atoms with E-state index in [9.17, 15) is 9.59 Å². The minimum Gasteiger partial charge on any atom is -0.378 e. The molecule has 1 saturated carbocycles. The van der Waals surface area contributed by atoms with Crippen LogP contribution in [-0.4, -0.2) is 67.6 Å². The Kier molecular flexibility index (Phi) is 6.50. The van der Waals surface area contributed by atoms with Gasteiger partial charge in [-0.2, -0.15) is 0 Å². The van der Waals surface area contributed by atoms with Gasteiger partial charge < -0.3 is 19.9 Å². The fourth-order valence-corrected chi connectivity index (χ4v) is 3.69. The maximum absolute atomic E-state index is 12.6. The van der Waals surface area contributed by atoms with Crippen LogP contribution < -0.4 is 5.32 Å². The summed E-state index contributed by atoms with van der Waals surface area (Å²) >= 11 is 0. The topological polar surface area (TPSA) is 61.9 Å². The molecule has 2 aliphatic rings. The molecule has 1 aliphatic carbocycles. The highest BCUT2D eigenvalue weighted by Gasteiger charge is 2.22. The lowest BCUT2D eigenvalue weighted by molar-refractivity contribution is -0.130. The van der Waals surface area contributed by atoms with Crippen LogP contribution in [0.4, 0.5) is 5.69 Å². The van der Waals surface area contributed by atoms with Crippen LogP contribution in [-0.2, 0) is 9.53 Å². The molecule has 2 amide bonds. The third-order valence-corrected chi connectivity index (χ3v) is 5.37. The molecule has 6 nitrogen and oxygen atoms in total. The average Bonchev–Trinajstić information content (AvgIpc) is 2.72. The summed E-state index contributed by atoms with van der Waals surface area (Å²) in [6, 6.07) is 7.76. The SMILES string of the molecule is CN(C(=O)CNc1cccc(C(=O)N2CCOCC2)c1)C1CCCCC1. The highest BCUT2D eigenvalue weighted by atomic mass is 16.5. The molecule has 0 aromatic heterocycles. The summed E-state index contributed by atoms with van der Waals surface area (Å²) in [7, 11) is 1.90. The third kappa shape index (κ3) is 4.75. The normalized spacial score (nSPS) is 18.4. The van der Waals surface area contributed by atoms with E-state index >= 15 is 0 Å². The molecule has 3 rings (SSSR count). The van der Waals surface area contributed by atoms with Crippen LogP contribution in [0.1, 0.15) is 42.5 Å². The molecule has 0 atom stereocenters. The quantitative estimate of drug-likeness (QED) is 0.877. The number of carbonyl (C=O) groups is 2. The zero-order chi connectivity index (χ0) is 18.4. The van der Waals surface area contributed by atoms with Gasteiger partial charge in [-0.15, -0.1) is 0 Å². The van der Waals surface area contributed by atoms with E-state index in [1.165, 1.54) is 19.3 Å². The van der Waals surface area contributed by atoms with Crippen LogP contribution in [0, 0.1) is 0 Å². The highest BCUT2D eigenvalue weighted by molar-refractivity contribution is 5.95. The minimum absolute atomic E-state index is 0.0163. The molecule has 1 aliphatic heterocycles. The van der Waals surface area contributed by atoms with Crippen molar-refractivity contribution in [2.24, 2.45) is 0 Å². The van der Waals surface area contributed by atoms with E-state index in [0.29, 0.717) is 37.9 Å². The number of nitrogens with one attached hydrogen (secondary N) is 1. The Balaban J connectivity index is 1.54. The van der Waals surface area contributed by atoms with Crippen LogP contribution in [0.2, 0.25) is 0 Å². The first-order chi connectivity index (χ1) is 12.6. The van der Waals surface area contributed by atoms with Crippen LogP contribution in [0.3, 0.4) is 0 Å². The van der Waals surface area contributed by atoms with Gasteiger partial charge in [-0.05, 0) is 31.0 Å². The molecule has 26 heavy (non-hydrogen) atoms. The molecule has 1 N–H and O–H groups in total. The van der Waals surface area contributed by atoms with Gasteiger partial charge in [0.25, 0.3) is 5.91 Å². The van der Waals surface area contributed by atoms with Crippen molar-refractivity contribution in [1.82, 2.24) is 9.80 Å². The van der Waals surface area contributed by atoms with E-state index in [-0.39, 0.29) is 18.4 Å². The summed E-state index contributed by atoms with van der Waals surface area (Å²) in [5.74, 6) is 0.115. The summed E-state index contributed by atoms with van der Waals surface area (Å²) in [5, 5.41) is 3.18. The smallest absolute Gasteiger partial charge is 0.254 e. The first-order valence-corrected chi connectivity index (χ1v) is 9.62. The number of amides is 2. The van der Waals surface area contributed by atoms with Crippen LogP contribution in [0.5, 0.6) is 0 Å². The minimum atomic E-state index is 0.0163. The van der Waals surface area contributed by atoms with E-state index in [1.54, 1.807) is 0 Å². The van der Waals surface area contributed by atoms with Gasteiger partial charge in [-0.1, -0.05) is 25.3 Å². The van der Waals surface area contributed by atoms with Crippen LogP contribution in [0.15, 0.2) is 24.3 Å². The summed E-state index contributed by atoms with van der Waals surface area (Å²) < 4.78 is 5.30. The molecule has 1 aromatic rings. The molecular weight excluding hydrogens is 330 g/mol. The van der Waals surface area contributed by atoms with Crippen molar-refractivity contribution in [1.29, 1.82) is 0 Å². The van der Waals surface area contributed by atoms with Crippen molar-refractivity contribution in [2.45, 2.75) is 38.1 Å². The summed E-state index contributed by atoms with van der Waals surface area (Å²) in [6.45, 7) is 2.68. The van der Waals surface area contributed by atoms with E-state index in [2.05, 4.69) is 5.32 Å². The van der Waals surface area contributed by atoms with E-state index < -0.39 is 0 Å². The number of ether oxygens (including phenoxy) is 1. The predicted molar refractivity (Wildman–Crippen MR) is 101 cm³/mol. The number of hydrogen-bond donors (Lipinski definition) is 1. The number of hydrogen-bond acceptors (Lipinski definition) is 4. The largest absolute Gasteiger partial charge is 0.378 e. The van der Waals surface area contributed by atoms with Gasteiger partial charge in [0, 0.05) is 37.4 Å². The molecule has 0 radical (unpaired) electrons. The van der Waals surface area contributed by atoms with E-state index in [1.807, 2.05) is 41.1 Å². The summed E-state index contributed by atoms with van der Waals surface area (Å²) in [6.07, 6.45) is 5.90. The zero-order valence-electron chi connectivity index (χ0n) is 15.6. The fourth-order valence-electron chi connectivity index (χ4n) is 3.69. The zero-order valence-corrected chi connectivity index (χ0v) is 15.6. The summed E-state index contributed by atoms with van der Waals surface area (Å²) in [4.78, 5) is 28.7. The molecule has 0 unspecified atom stereocenters. The Morgan fingerprint density at radius 3 is 2.65 bits per heavy atom. The van der Waals surface area contributed by atoms with Crippen molar-refractivity contribution in [2.75, 3.05) is 45.2 Å². The molecule has 1 saturated heterocycles. The number of anilines is 1. The van der Waals surface area contributed by atoms with Gasteiger partial charge in [0.15, 0.2) is 0 Å². The summed E-state index contributed by atoms with van der Waals surface area (Å²) in [5.41, 5.74) is 1.44. The molecule has 2 fully saturated rings. The second-order valence-corrected chi connectivity index (χ2v) is 7.14. The standard InChI is InChI=1S/C20H29N3O3/c1-22(18-8-3-2-4-9-18)19(24)15-21-17-7-5-6-16(14-17)20(25)23-10-12-26-13-11-23/h5-7,14,18,21H,2-4,8-13,15H2,1H3. The second-order valence-electron chi connectivity index (χ2n) is 7.14. The van der Waals surface area contributed by atoms with Crippen LogP contribution >= 0.6 is 0 Å². The van der Waals surface area contributed by atoms with Gasteiger partial charge in [0.1, 0.15) is 0 Å². The van der Waals surface area contributed by atoms with Gasteiger partial charge in [0.05, 0.1) is 19.8 Å². The van der Waals surface area contributed by atoms with Crippen molar-refractivity contribution < 1.29 is 14.3 Å². The van der Waals surface area contributed by atoms with Gasteiger partial charge in [0.2, 0.25) is 5.91 Å². The Bertz CT molecular complexity index is 622. The predicted octanol–water partition coefficient (Wildman–Crippen LogP) is 2.36. The number of nitrogens with zero attached hydrogens (tertiary/aromatic N) is 2. The molecule has 1 heterocycles. The number of likely N-dealkylation sites (N-methyl/N-ethyl adjacent to an activating group) is 1. The molecule has 0 spiro atoms. The van der Waals surface area contributed by atoms with Crippen LogP contribution in [0.25, 0.3) is 0 Å². The van der Waals surface area contributed by atoms with Gasteiger partial charge >= 0.3 is 0 Å². The maximum Gasteiger partial charge on any atom is 0.254 e. The third-order valence-electron chi connectivity index (χ3n) is 5.37. The maximum atomic E-state index is 12.6. The van der Waals surface area contributed by atoms with E-state index in [0.717, 1.165) is 18.5 Å². The first kappa shape index (κ1) is 18.7. The Hall–Kier alpha value is -2.08. The Morgan fingerprint density at radius 1 is 1.19 bits per heavy atom. The van der Waals surface area contributed by atoms with E-state index in [4.69, 9.17) is 4.74 Å². The fraction of sp³-hybridized carbons (Fsp3) is 0.600. The Labute approximate surface area is 155 Å². The Morgan fingerprint density at radius 2 is 1.92 bits per heavy atom. The monoisotopic (exact) mass is 359 g/mol. The molecular formula is C20H29N3O3. The lowest BCUT2D eigenvalue weighted by Crippen LogP contribution is -2.41. The van der Waals surface area contributed by atoms with Crippen molar-refractivity contribution in [3.05, 3.63) is 29.8 Å². The van der Waals surface area contributed by atoms with Crippen molar-refractivity contribution in [3.8, 4) is 0 Å². The molecule has 0 bridgehead atoms. The number of rotatable bonds is 5. The second kappa shape index (κ2) is 9.03. The lowest BCUT2D eigenvalue weighted by Gasteiger charge is -2.31. The first-order valence-electron chi connectivity index (χ1n) is 9.62. The van der Waals surface area contributed by atoms with Gasteiger partial charge in [-0.3, -0.25) is 9.59 Å². The van der Waals surface area contributed by atoms with Crippen molar-refractivity contribution in [3.63, 3.8) is 0 Å². The number of carbonyl (C=O) groups excluding carboxylic acids is 2. The molecule has 1 aromatic carbocycles. The van der Waals surface area contributed by atoms with Gasteiger partial charge in [-0.25, -0.2) is 0 Å². The highest BCUT2D eigenvalue weighted by Crippen LogP contribution is 2.21. The molecule has 142 valence electrons.